The van der Waals surface area contributed by atoms with E-state index in [1.54, 1.807) is 17.0 Å². The van der Waals surface area contributed by atoms with E-state index in [0.29, 0.717) is 24.3 Å². The molecular weight excluding hydrogens is 416 g/mol. The van der Waals surface area contributed by atoms with E-state index in [4.69, 9.17) is 9.72 Å². The van der Waals surface area contributed by atoms with Crippen LogP contribution in [0, 0.1) is 0 Å². The molecule has 0 saturated carbocycles. The number of anilines is 1. The second-order valence-electron chi connectivity index (χ2n) is 8.81. The maximum atomic E-state index is 12.3. The molecular formula is C22H26N4O4S. The summed E-state index contributed by atoms with van der Waals surface area (Å²) in [5, 5.41) is 8.24. The molecule has 8 nitrogen and oxygen atoms in total. The van der Waals surface area contributed by atoms with Crippen molar-refractivity contribution in [2.45, 2.75) is 45.1 Å². The summed E-state index contributed by atoms with van der Waals surface area (Å²) < 4.78 is 5.46. The van der Waals surface area contributed by atoms with Gasteiger partial charge in [-0.15, -0.1) is 11.3 Å². The maximum Gasteiger partial charge on any atom is 0.410 e. The van der Waals surface area contributed by atoms with E-state index < -0.39 is 5.60 Å². The van der Waals surface area contributed by atoms with Crippen molar-refractivity contribution in [1.29, 1.82) is 0 Å². The molecule has 0 atom stereocenters. The number of thiazole rings is 1. The lowest BCUT2D eigenvalue weighted by atomic mass is 9.94. The first-order chi connectivity index (χ1) is 14.7. The SMILES string of the molecule is CC(C)(C)OC(=O)N1CCC(c2csc(-c3ccc4c(c3)NC(=O)CNC4=O)n2)CC1. The Morgan fingerprint density at radius 2 is 1.97 bits per heavy atom. The van der Waals surface area contributed by atoms with Crippen molar-refractivity contribution in [2.75, 3.05) is 25.0 Å². The van der Waals surface area contributed by atoms with E-state index in [0.717, 1.165) is 29.1 Å². The fraction of sp³-hybridized carbons (Fsp3) is 0.455. The molecule has 3 heterocycles. The van der Waals surface area contributed by atoms with Crippen molar-refractivity contribution in [3.8, 4) is 10.6 Å². The molecule has 1 fully saturated rings. The van der Waals surface area contributed by atoms with Crippen LogP contribution in [0.3, 0.4) is 0 Å². The molecule has 3 amide bonds. The third-order valence-electron chi connectivity index (χ3n) is 5.28. The predicted molar refractivity (Wildman–Crippen MR) is 118 cm³/mol. The summed E-state index contributed by atoms with van der Waals surface area (Å²) in [4.78, 5) is 42.8. The fourth-order valence-corrected chi connectivity index (χ4v) is 4.62. The standard InChI is InChI=1S/C22H26N4O4S/c1-22(2,3)30-21(29)26-8-6-13(7-9-26)17-12-31-20(25-17)14-4-5-15-16(10-14)24-18(27)11-23-19(15)28/h4-5,10,12-13H,6-9,11H2,1-3H3,(H,23,28)(H,24,27). The van der Waals surface area contributed by atoms with E-state index in [2.05, 4.69) is 16.0 Å². The van der Waals surface area contributed by atoms with Gasteiger partial charge in [-0.1, -0.05) is 6.07 Å². The van der Waals surface area contributed by atoms with Crippen molar-refractivity contribution in [1.82, 2.24) is 15.2 Å². The quantitative estimate of drug-likeness (QED) is 0.740. The van der Waals surface area contributed by atoms with Crippen molar-refractivity contribution in [3.05, 3.63) is 34.8 Å². The van der Waals surface area contributed by atoms with Gasteiger partial charge in [0.1, 0.15) is 10.6 Å². The zero-order valence-corrected chi connectivity index (χ0v) is 18.7. The lowest BCUT2D eigenvalue weighted by Gasteiger charge is -2.32. The average Bonchev–Trinajstić information content (AvgIpc) is 3.16. The highest BCUT2D eigenvalue weighted by Crippen LogP contribution is 2.34. The summed E-state index contributed by atoms with van der Waals surface area (Å²) in [5.74, 6) is -0.229. The third-order valence-corrected chi connectivity index (χ3v) is 6.19. The highest BCUT2D eigenvalue weighted by atomic mass is 32.1. The van der Waals surface area contributed by atoms with Gasteiger partial charge in [0.25, 0.3) is 5.91 Å². The maximum absolute atomic E-state index is 12.3. The van der Waals surface area contributed by atoms with Gasteiger partial charge in [-0.2, -0.15) is 0 Å². The minimum atomic E-state index is -0.494. The van der Waals surface area contributed by atoms with Crippen LogP contribution in [-0.4, -0.2) is 53.0 Å². The number of benzene rings is 1. The molecule has 0 unspecified atom stereocenters. The average molecular weight is 443 g/mol. The van der Waals surface area contributed by atoms with Gasteiger partial charge in [0.05, 0.1) is 23.5 Å². The van der Waals surface area contributed by atoms with Crippen LogP contribution in [0.5, 0.6) is 0 Å². The Labute approximate surface area is 185 Å². The number of hydrogen-bond donors (Lipinski definition) is 2. The molecule has 164 valence electrons. The highest BCUT2D eigenvalue weighted by Gasteiger charge is 2.28. The number of likely N-dealkylation sites (tertiary alicyclic amines) is 1. The molecule has 0 aliphatic carbocycles. The number of rotatable bonds is 2. The van der Waals surface area contributed by atoms with Crippen LogP contribution in [0.2, 0.25) is 0 Å². The van der Waals surface area contributed by atoms with E-state index >= 15 is 0 Å². The Balaban J connectivity index is 1.44. The predicted octanol–water partition coefficient (Wildman–Crippen LogP) is 3.61. The Bertz CT molecular complexity index is 1020. The van der Waals surface area contributed by atoms with Gasteiger partial charge in [0, 0.05) is 30.0 Å². The van der Waals surface area contributed by atoms with Crippen molar-refractivity contribution >= 4 is 34.9 Å². The van der Waals surface area contributed by atoms with Crippen molar-refractivity contribution < 1.29 is 19.1 Å². The molecule has 2 aliphatic heterocycles. The van der Waals surface area contributed by atoms with Crippen LogP contribution in [0.4, 0.5) is 10.5 Å². The second kappa shape index (κ2) is 8.30. The molecule has 2 N–H and O–H groups in total. The molecule has 0 radical (unpaired) electrons. The molecule has 0 bridgehead atoms. The lowest BCUT2D eigenvalue weighted by Crippen LogP contribution is -2.41. The molecule has 31 heavy (non-hydrogen) atoms. The topological polar surface area (TPSA) is 101 Å². The van der Waals surface area contributed by atoms with Crippen molar-refractivity contribution in [2.24, 2.45) is 0 Å². The Kier molecular flexibility index (Phi) is 5.70. The molecule has 1 aromatic heterocycles. The number of piperidine rings is 1. The number of hydrogen-bond acceptors (Lipinski definition) is 6. The minimum absolute atomic E-state index is 0.0355. The van der Waals surface area contributed by atoms with Gasteiger partial charge < -0.3 is 20.3 Å². The first-order valence-electron chi connectivity index (χ1n) is 10.4. The number of carbonyl (C=O) groups excluding carboxylic acids is 3. The van der Waals surface area contributed by atoms with Gasteiger partial charge in [-0.3, -0.25) is 9.59 Å². The molecule has 0 spiro atoms. The number of carbonyl (C=O) groups is 3. The first-order valence-corrected chi connectivity index (χ1v) is 11.2. The van der Waals surface area contributed by atoms with Gasteiger partial charge in [0.15, 0.2) is 0 Å². The number of nitrogens with zero attached hydrogens (tertiary/aromatic N) is 2. The number of fused-ring (bicyclic) bond motifs is 1. The van der Waals surface area contributed by atoms with Crippen LogP contribution in [0.15, 0.2) is 23.6 Å². The van der Waals surface area contributed by atoms with E-state index in [9.17, 15) is 14.4 Å². The molecule has 1 saturated heterocycles. The Morgan fingerprint density at radius 1 is 1.23 bits per heavy atom. The lowest BCUT2D eigenvalue weighted by molar-refractivity contribution is -0.115. The van der Waals surface area contributed by atoms with Gasteiger partial charge in [-0.05, 0) is 45.7 Å². The molecule has 2 aliphatic rings. The van der Waals surface area contributed by atoms with Gasteiger partial charge in [-0.25, -0.2) is 9.78 Å². The summed E-state index contributed by atoms with van der Waals surface area (Å²) in [6.45, 7) is 6.86. The molecule has 9 heteroatoms. The smallest absolute Gasteiger partial charge is 0.410 e. The number of amides is 3. The summed E-state index contributed by atoms with van der Waals surface area (Å²) in [7, 11) is 0. The van der Waals surface area contributed by atoms with E-state index in [1.807, 2.05) is 26.8 Å². The highest BCUT2D eigenvalue weighted by molar-refractivity contribution is 7.13. The van der Waals surface area contributed by atoms with Crippen LogP contribution >= 0.6 is 11.3 Å². The number of ether oxygens (including phenoxy) is 1. The van der Waals surface area contributed by atoms with Gasteiger partial charge in [0.2, 0.25) is 5.91 Å². The fourth-order valence-electron chi connectivity index (χ4n) is 3.72. The largest absolute Gasteiger partial charge is 0.444 e. The normalized spacial score (nSPS) is 17.5. The molecule has 4 rings (SSSR count). The van der Waals surface area contributed by atoms with Crippen LogP contribution in [0.25, 0.3) is 10.6 Å². The van der Waals surface area contributed by atoms with Crippen molar-refractivity contribution in [3.63, 3.8) is 0 Å². The third kappa shape index (κ3) is 4.87. The summed E-state index contributed by atoms with van der Waals surface area (Å²) in [6, 6.07) is 5.36. The summed E-state index contributed by atoms with van der Waals surface area (Å²) >= 11 is 1.54. The first kappa shape index (κ1) is 21.3. The summed E-state index contributed by atoms with van der Waals surface area (Å²) in [6.07, 6.45) is 1.41. The number of aromatic nitrogens is 1. The monoisotopic (exact) mass is 442 g/mol. The zero-order chi connectivity index (χ0) is 22.2. The van der Waals surface area contributed by atoms with Crippen LogP contribution in [0.1, 0.15) is 55.6 Å². The zero-order valence-electron chi connectivity index (χ0n) is 17.9. The Morgan fingerprint density at radius 3 is 2.68 bits per heavy atom. The summed E-state index contributed by atoms with van der Waals surface area (Å²) in [5.41, 5.74) is 2.32. The molecule has 1 aromatic carbocycles. The van der Waals surface area contributed by atoms with E-state index in [-0.39, 0.29) is 30.4 Å². The number of nitrogens with one attached hydrogen (secondary N) is 2. The molecule has 2 aromatic rings. The second-order valence-corrected chi connectivity index (χ2v) is 9.67. The minimum Gasteiger partial charge on any atom is -0.444 e. The van der Waals surface area contributed by atoms with Crippen LogP contribution < -0.4 is 10.6 Å². The van der Waals surface area contributed by atoms with E-state index in [1.165, 1.54) is 11.3 Å². The Hall–Kier alpha value is -2.94. The van der Waals surface area contributed by atoms with Gasteiger partial charge >= 0.3 is 6.09 Å². The van der Waals surface area contributed by atoms with Crippen LogP contribution in [-0.2, 0) is 9.53 Å².